The summed E-state index contributed by atoms with van der Waals surface area (Å²) in [7, 11) is 0. The third-order valence-electron chi connectivity index (χ3n) is 4.63. The number of hydrogen-bond donors (Lipinski definition) is 1. The van der Waals surface area contributed by atoms with Crippen molar-refractivity contribution in [1.82, 2.24) is 14.8 Å². The molecule has 0 aliphatic carbocycles. The third kappa shape index (κ3) is 4.08. The van der Waals surface area contributed by atoms with E-state index in [1.54, 1.807) is 48.8 Å². The van der Waals surface area contributed by atoms with Gasteiger partial charge in [0, 0.05) is 29.9 Å². The van der Waals surface area contributed by atoms with Gasteiger partial charge in [-0.15, -0.1) is 0 Å². The quantitative estimate of drug-likeness (QED) is 0.560. The predicted molar refractivity (Wildman–Crippen MR) is 113 cm³/mol. The number of hydrogen-bond acceptors (Lipinski definition) is 5. The van der Waals surface area contributed by atoms with Crippen LogP contribution in [0.5, 0.6) is 0 Å². The SMILES string of the molecule is N#Cc1cccc(NC(=O)Cn2nc(Cc3ccncc3)c3ccccc3c2=O)c1. The molecule has 4 rings (SSSR count). The van der Waals surface area contributed by atoms with Crippen molar-refractivity contribution in [2.24, 2.45) is 0 Å². The molecule has 0 unspecified atom stereocenters. The molecule has 0 aliphatic rings. The number of benzene rings is 2. The maximum absolute atomic E-state index is 12.9. The van der Waals surface area contributed by atoms with Gasteiger partial charge in [0.25, 0.3) is 5.56 Å². The van der Waals surface area contributed by atoms with Gasteiger partial charge in [0.15, 0.2) is 0 Å². The molecule has 7 nitrogen and oxygen atoms in total. The number of anilines is 1. The van der Waals surface area contributed by atoms with Gasteiger partial charge in [0.1, 0.15) is 6.54 Å². The van der Waals surface area contributed by atoms with Crippen LogP contribution < -0.4 is 10.9 Å². The third-order valence-corrected chi connectivity index (χ3v) is 4.63. The second-order valence-corrected chi connectivity index (χ2v) is 6.73. The van der Waals surface area contributed by atoms with Gasteiger partial charge in [-0.3, -0.25) is 14.6 Å². The molecule has 7 heteroatoms. The molecule has 2 heterocycles. The van der Waals surface area contributed by atoms with Crippen molar-refractivity contribution < 1.29 is 4.79 Å². The Morgan fingerprint density at radius 3 is 2.57 bits per heavy atom. The Bertz CT molecular complexity index is 1320. The fraction of sp³-hybridized carbons (Fsp3) is 0.0870. The van der Waals surface area contributed by atoms with Crippen LogP contribution in [0.15, 0.2) is 77.9 Å². The lowest BCUT2D eigenvalue weighted by molar-refractivity contribution is -0.117. The molecule has 1 N–H and O–H groups in total. The summed E-state index contributed by atoms with van der Waals surface area (Å²) in [6.45, 7) is -0.232. The molecule has 30 heavy (non-hydrogen) atoms. The maximum Gasteiger partial charge on any atom is 0.275 e. The Morgan fingerprint density at radius 1 is 1.03 bits per heavy atom. The number of nitrogens with zero attached hydrogens (tertiary/aromatic N) is 4. The number of rotatable bonds is 5. The summed E-state index contributed by atoms with van der Waals surface area (Å²) in [6.07, 6.45) is 3.92. The van der Waals surface area contributed by atoms with Crippen molar-refractivity contribution in [3.8, 4) is 6.07 Å². The van der Waals surface area contributed by atoms with Crippen LogP contribution in [0, 0.1) is 11.3 Å². The van der Waals surface area contributed by atoms with Gasteiger partial charge in [0.05, 0.1) is 22.7 Å². The normalized spacial score (nSPS) is 10.5. The largest absolute Gasteiger partial charge is 0.324 e. The van der Waals surface area contributed by atoms with E-state index < -0.39 is 5.91 Å². The van der Waals surface area contributed by atoms with Crippen molar-refractivity contribution in [1.29, 1.82) is 5.26 Å². The van der Waals surface area contributed by atoms with Gasteiger partial charge < -0.3 is 5.32 Å². The van der Waals surface area contributed by atoms with Crippen molar-refractivity contribution >= 4 is 22.4 Å². The van der Waals surface area contributed by atoms with Crippen molar-refractivity contribution in [3.05, 3.63) is 100 Å². The number of amides is 1. The van der Waals surface area contributed by atoms with E-state index in [-0.39, 0.29) is 12.1 Å². The molecular formula is C23H17N5O2. The summed E-state index contributed by atoms with van der Waals surface area (Å²) in [5.74, 6) is -0.398. The first kappa shape index (κ1) is 19.0. The number of carbonyl (C=O) groups is 1. The molecule has 0 saturated carbocycles. The Morgan fingerprint density at radius 2 is 1.80 bits per heavy atom. The number of aromatic nitrogens is 3. The summed E-state index contributed by atoms with van der Waals surface area (Å²) >= 11 is 0. The van der Waals surface area contributed by atoms with Crippen molar-refractivity contribution in [2.45, 2.75) is 13.0 Å². The van der Waals surface area contributed by atoms with Crippen LogP contribution >= 0.6 is 0 Å². The summed E-state index contributed by atoms with van der Waals surface area (Å²) in [5, 5.41) is 17.5. The number of fused-ring (bicyclic) bond motifs is 1. The minimum Gasteiger partial charge on any atom is -0.324 e. The molecule has 0 aliphatic heterocycles. The lowest BCUT2D eigenvalue weighted by atomic mass is 10.1. The van der Waals surface area contributed by atoms with E-state index in [4.69, 9.17) is 5.26 Å². The Hall–Kier alpha value is -4.31. The van der Waals surface area contributed by atoms with Crippen LogP contribution in [-0.4, -0.2) is 20.7 Å². The maximum atomic E-state index is 12.9. The molecule has 2 aromatic carbocycles. The van der Waals surface area contributed by atoms with Crippen LogP contribution in [-0.2, 0) is 17.8 Å². The van der Waals surface area contributed by atoms with E-state index in [1.807, 2.05) is 30.3 Å². The summed E-state index contributed by atoms with van der Waals surface area (Å²) in [4.78, 5) is 29.5. The average Bonchev–Trinajstić information content (AvgIpc) is 2.78. The van der Waals surface area contributed by atoms with Gasteiger partial charge >= 0.3 is 0 Å². The first-order valence-electron chi connectivity index (χ1n) is 9.32. The molecule has 0 spiro atoms. The zero-order valence-electron chi connectivity index (χ0n) is 15.9. The fourth-order valence-corrected chi connectivity index (χ4v) is 3.24. The topological polar surface area (TPSA) is 101 Å². The minimum atomic E-state index is -0.398. The highest BCUT2D eigenvalue weighted by molar-refractivity contribution is 5.91. The highest BCUT2D eigenvalue weighted by atomic mass is 16.2. The van der Waals surface area contributed by atoms with Crippen LogP contribution in [0.3, 0.4) is 0 Å². The van der Waals surface area contributed by atoms with E-state index in [0.29, 0.717) is 28.8 Å². The van der Waals surface area contributed by atoms with Crippen molar-refractivity contribution in [3.63, 3.8) is 0 Å². The van der Waals surface area contributed by atoms with Gasteiger partial charge in [-0.2, -0.15) is 10.4 Å². The number of nitrogens with one attached hydrogen (secondary N) is 1. The van der Waals surface area contributed by atoms with Crippen LogP contribution in [0.1, 0.15) is 16.8 Å². The number of carbonyl (C=O) groups excluding carboxylic acids is 1. The van der Waals surface area contributed by atoms with Crippen LogP contribution in [0.4, 0.5) is 5.69 Å². The minimum absolute atomic E-state index is 0.232. The van der Waals surface area contributed by atoms with E-state index >= 15 is 0 Å². The summed E-state index contributed by atoms with van der Waals surface area (Å²) < 4.78 is 1.18. The molecule has 1 amide bonds. The summed E-state index contributed by atoms with van der Waals surface area (Å²) in [5.41, 5.74) is 2.31. The monoisotopic (exact) mass is 395 g/mol. The van der Waals surface area contributed by atoms with Crippen molar-refractivity contribution in [2.75, 3.05) is 5.32 Å². The molecule has 0 saturated heterocycles. The smallest absolute Gasteiger partial charge is 0.275 e. The molecule has 4 aromatic rings. The van der Waals surface area contributed by atoms with E-state index in [9.17, 15) is 9.59 Å². The zero-order valence-corrected chi connectivity index (χ0v) is 15.9. The molecule has 0 atom stereocenters. The Kier molecular flexibility index (Phi) is 5.31. The number of nitriles is 1. The highest BCUT2D eigenvalue weighted by Crippen LogP contribution is 2.17. The average molecular weight is 395 g/mol. The van der Waals surface area contributed by atoms with Gasteiger partial charge in [-0.05, 0) is 42.0 Å². The standard InChI is InChI=1S/C23H17N5O2/c24-14-17-4-3-5-18(12-17)26-22(29)15-28-23(30)20-7-2-1-6-19(20)21(27-28)13-16-8-10-25-11-9-16/h1-12H,13,15H2,(H,26,29). The van der Waals surface area contributed by atoms with Gasteiger partial charge in [-0.1, -0.05) is 24.3 Å². The molecule has 2 aromatic heterocycles. The summed E-state index contributed by atoms with van der Waals surface area (Å²) in [6, 6.07) is 19.6. The fourth-order valence-electron chi connectivity index (χ4n) is 3.24. The van der Waals surface area contributed by atoms with Crippen LogP contribution in [0.25, 0.3) is 10.8 Å². The van der Waals surface area contributed by atoms with E-state index in [0.717, 1.165) is 10.9 Å². The lowest BCUT2D eigenvalue weighted by Crippen LogP contribution is -2.30. The molecule has 0 fully saturated rings. The lowest BCUT2D eigenvalue weighted by Gasteiger charge is -2.11. The van der Waals surface area contributed by atoms with Gasteiger partial charge in [-0.25, -0.2) is 4.68 Å². The highest BCUT2D eigenvalue weighted by Gasteiger charge is 2.13. The predicted octanol–water partition coefficient (Wildman–Crippen LogP) is 2.89. The van der Waals surface area contributed by atoms with Gasteiger partial charge in [0.2, 0.25) is 5.91 Å². The number of pyridine rings is 1. The Labute approximate surface area is 172 Å². The first-order chi connectivity index (χ1) is 14.6. The molecule has 0 radical (unpaired) electrons. The molecule has 0 bridgehead atoms. The first-order valence-corrected chi connectivity index (χ1v) is 9.32. The van der Waals surface area contributed by atoms with E-state index in [1.165, 1.54) is 4.68 Å². The zero-order chi connectivity index (χ0) is 20.9. The molecular weight excluding hydrogens is 378 g/mol. The molecule has 146 valence electrons. The second-order valence-electron chi connectivity index (χ2n) is 6.73. The Balaban J connectivity index is 1.66. The second kappa shape index (κ2) is 8.37. The van der Waals surface area contributed by atoms with E-state index in [2.05, 4.69) is 15.4 Å². The van der Waals surface area contributed by atoms with Crippen LogP contribution in [0.2, 0.25) is 0 Å².